The van der Waals surface area contributed by atoms with Crippen LogP contribution < -0.4 is 0 Å². The van der Waals surface area contributed by atoms with Crippen molar-refractivity contribution in [2.24, 2.45) is 17.8 Å². The molecule has 2 N–H and O–H groups in total. The molecule has 0 bridgehead atoms. The third kappa shape index (κ3) is 4.36. The van der Waals surface area contributed by atoms with Gasteiger partial charge >= 0.3 is 13.2 Å². The molecule has 0 aromatic heterocycles. The number of rotatable bonds is 4. The van der Waals surface area contributed by atoms with Crippen LogP contribution in [-0.2, 0) is 19.0 Å². The second-order valence-electron chi connectivity index (χ2n) is 10.2. The van der Waals surface area contributed by atoms with Gasteiger partial charge in [0.15, 0.2) is 0 Å². The number of ether oxygens (including phenoxy) is 1. The third-order valence-electron chi connectivity index (χ3n) is 7.95. The average Bonchev–Trinajstić information content (AvgIpc) is 3.13. The monoisotopic (exact) mass is 503 g/mol. The number of phenols is 1. The summed E-state index contributed by atoms with van der Waals surface area (Å²) in [6.45, 7) is 3.97. The maximum atomic E-state index is 13.2. The van der Waals surface area contributed by atoms with Gasteiger partial charge in [0.2, 0.25) is 11.8 Å². The number of aromatic hydroxyl groups is 1. The van der Waals surface area contributed by atoms with Crippen LogP contribution in [-0.4, -0.2) is 53.3 Å². The van der Waals surface area contributed by atoms with E-state index >= 15 is 0 Å². The van der Waals surface area contributed by atoms with Crippen molar-refractivity contribution >= 4 is 41.9 Å². The van der Waals surface area contributed by atoms with Gasteiger partial charge in [-0.15, -0.1) is 0 Å². The van der Waals surface area contributed by atoms with Gasteiger partial charge in [0.1, 0.15) is 5.75 Å². The SMILES string of the molecule is COC(=O)N1C(=O)[C@@H]2[C@@H](CC(C)=C3[C@@H](CC/C(C)=C/c4ccc(O)c5ccccc45)OB(O)C[C@@H]32)C1=O. The fraction of sp³-hybridized carbons (Fsp3) is 0.393. The molecule has 3 amide bonds. The molecule has 0 spiro atoms. The molecule has 1 aliphatic carbocycles. The standard InChI is InChI=1S/C28H30BNO7/c1-15(12-17-9-10-22(31)19-7-5-4-6-18(17)19)8-11-23-24-16(2)13-20-25(21(24)14-29(35)37-23)27(33)30(26(20)32)28(34)36-3/h4-7,9-10,12,20-21,23,25,31,35H,8,11,13-14H2,1-3H3/b15-12+/t20-,21+,23-,25-/m1/s1. The molecule has 37 heavy (non-hydrogen) atoms. The molecular weight excluding hydrogens is 473 g/mol. The van der Waals surface area contributed by atoms with Crippen molar-refractivity contribution in [3.8, 4) is 5.75 Å². The van der Waals surface area contributed by atoms with Crippen LogP contribution in [0.2, 0.25) is 6.32 Å². The molecule has 192 valence electrons. The normalized spacial score (nSPS) is 26.0. The van der Waals surface area contributed by atoms with Gasteiger partial charge in [0, 0.05) is 5.39 Å². The quantitative estimate of drug-likeness (QED) is 0.363. The highest BCUT2D eigenvalue weighted by molar-refractivity contribution is 6.43. The van der Waals surface area contributed by atoms with Gasteiger partial charge in [0.25, 0.3) is 0 Å². The topological polar surface area (TPSA) is 113 Å². The largest absolute Gasteiger partial charge is 0.507 e. The van der Waals surface area contributed by atoms with Crippen molar-refractivity contribution < 1.29 is 33.9 Å². The van der Waals surface area contributed by atoms with Gasteiger partial charge in [-0.25, -0.2) is 4.79 Å². The van der Waals surface area contributed by atoms with Crippen molar-refractivity contribution in [1.29, 1.82) is 0 Å². The first-order chi connectivity index (χ1) is 17.7. The molecule has 2 fully saturated rings. The lowest BCUT2D eigenvalue weighted by molar-refractivity contribution is -0.137. The van der Waals surface area contributed by atoms with Crippen molar-refractivity contribution in [2.45, 2.75) is 45.5 Å². The van der Waals surface area contributed by atoms with E-state index in [4.69, 9.17) is 4.65 Å². The zero-order valence-electron chi connectivity index (χ0n) is 21.1. The maximum absolute atomic E-state index is 13.2. The fourth-order valence-electron chi connectivity index (χ4n) is 6.32. The van der Waals surface area contributed by atoms with Crippen LogP contribution in [0.15, 0.2) is 53.1 Å². The number of amides is 3. The van der Waals surface area contributed by atoms with Gasteiger partial charge in [-0.2, -0.15) is 4.90 Å². The first-order valence-electron chi connectivity index (χ1n) is 12.6. The lowest BCUT2D eigenvalue weighted by atomic mass is 9.59. The molecular formula is C28H30BNO7. The molecule has 5 rings (SSSR count). The van der Waals surface area contributed by atoms with Crippen LogP contribution in [0, 0.1) is 17.8 Å². The number of hydrogen-bond donors (Lipinski definition) is 2. The number of benzene rings is 2. The summed E-state index contributed by atoms with van der Waals surface area (Å²) < 4.78 is 10.6. The number of carbonyl (C=O) groups is 3. The van der Waals surface area contributed by atoms with Crippen molar-refractivity contribution in [3.63, 3.8) is 0 Å². The molecule has 2 heterocycles. The number of carbonyl (C=O) groups excluding carboxylic acids is 3. The van der Waals surface area contributed by atoms with E-state index in [2.05, 4.69) is 10.8 Å². The van der Waals surface area contributed by atoms with E-state index in [1.165, 1.54) is 0 Å². The summed E-state index contributed by atoms with van der Waals surface area (Å²) in [5.41, 5.74) is 4.04. The molecule has 9 heteroatoms. The molecule has 8 nitrogen and oxygen atoms in total. The molecule has 2 saturated heterocycles. The fourth-order valence-corrected chi connectivity index (χ4v) is 6.32. The van der Waals surface area contributed by atoms with Gasteiger partial charge in [-0.3, -0.25) is 9.59 Å². The summed E-state index contributed by atoms with van der Waals surface area (Å²) >= 11 is 0. The number of hydrogen-bond acceptors (Lipinski definition) is 7. The van der Waals surface area contributed by atoms with Gasteiger partial charge < -0.3 is 19.5 Å². The molecule has 3 aliphatic rings. The van der Waals surface area contributed by atoms with Crippen molar-refractivity contribution in [3.05, 3.63) is 58.7 Å². The Morgan fingerprint density at radius 2 is 1.89 bits per heavy atom. The Balaban J connectivity index is 1.38. The lowest BCUT2D eigenvalue weighted by Gasteiger charge is -2.42. The summed E-state index contributed by atoms with van der Waals surface area (Å²) in [6.07, 6.45) is 2.58. The zero-order chi connectivity index (χ0) is 26.4. The van der Waals surface area contributed by atoms with E-state index in [0.717, 1.165) is 40.2 Å². The highest BCUT2D eigenvalue weighted by atomic mass is 16.5. The average molecular weight is 503 g/mol. The predicted octanol–water partition coefficient (Wildman–Crippen LogP) is 4.31. The first-order valence-corrected chi connectivity index (χ1v) is 12.6. The van der Waals surface area contributed by atoms with E-state index < -0.39 is 43.0 Å². The maximum Gasteiger partial charge on any atom is 0.455 e. The van der Waals surface area contributed by atoms with Gasteiger partial charge in [0.05, 0.1) is 25.0 Å². The van der Waals surface area contributed by atoms with Crippen LogP contribution in [0.3, 0.4) is 0 Å². The Bertz CT molecular complexity index is 1350. The van der Waals surface area contributed by atoms with Crippen LogP contribution >= 0.6 is 0 Å². The minimum atomic E-state index is -1.06. The number of phenolic OH excluding ortho intramolecular Hbond substituents is 1. The number of nitrogens with zero attached hydrogens (tertiary/aromatic N) is 1. The lowest BCUT2D eigenvalue weighted by Crippen LogP contribution is -2.46. The Labute approximate surface area is 215 Å². The smallest absolute Gasteiger partial charge is 0.455 e. The van der Waals surface area contributed by atoms with Crippen molar-refractivity contribution in [2.75, 3.05) is 7.11 Å². The predicted molar refractivity (Wildman–Crippen MR) is 138 cm³/mol. The second-order valence-corrected chi connectivity index (χ2v) is 10.2. The van der Waals surface area contributed by atoms with E-state index in [-0.39, 0.29) is 18.0 Å². The highest BCUT2D eigenvalue weighted by Gasteiger charge is 2.58. The highest BCUT2D eigenvalue weighted by Crippen LogP contribution is 2.50. The van der Waals surface area contributed by atoms with E-state index in [9.17, 15) is 24.5 Å². The van der Waals surface area contributed by atoms with Crippen LogP contribution in [0.4, 0.5) is 4.79 Å². The number of methoxy groups -OCH3 is 1. The van der Waals surface area contributed by atoms with E-state index in [1.54, 1.807) is 6.07 Å². The molecule has 0 unspecified atom stereocenters. The van der Waals surface area contributed by atoms with E-state index in [0.29, 0.717) is 24.2 Å². The molecule has 2 aromatic carbocycles. The molecule has 0 radical (unpaired) electrons. The number of allylic oxidation sites excluding steroid dienone is 2. The summed E-state index contributed by atoms with van der Waals surface area (Å²) in [7, 11) is 0.0795. The first kappa shape index (κ1) is 25.2. The molecule has 2 aliphatic heterocycles. The van der Waals surface area contributed by atoms with Crippen molar-refractivity contribution in [1.82, 2.24) is 4.90 Å². The number of imide groups is 3. The van der Waals surface area contributed by atoms with Gasteiger partial charge in [-0.05, 0) is 67.9 Å². The molecule has 0 saturated carbocycles. The van der Waals surface area contributed by atoms with E-state index in [1.807, 2.05) is 44.2 Å². The minimum absolute atomic E-state index is 0.201. The summed E-state index contributed by atoms with van der Waals surface area (Å²) in [5, 5.41) is 22.5. The van der Waals surface area contributed by atoms with Crippen LogP contribution in [0.5, 0.6) is 5.75 Å². The van der Waals surface area contributed by atoms with Crippen LogP contribution in [0.1, 0.15) is 38.7 Å². The third-order valence-corrected chi connectivity index (χ3v) is 7.95. The molecule has 2 aromatic rings. The minimum Gasteiger partial charge on any atom is -0.507 e. The van der Waals surface area contributed by atoms with Crippen LogP contribution in [0.25, 0.3) is 16.8 Å². The Kier molecular flexibility index (Phi) is 6.68. The van der Waals surface area contributed by atoms with Gasteiger partial charge in [-0.1, -0.05) is 47.6 Å². The summed E-state index contributed by atoms with van der Waals surface area (Å²) in [5.74, 6) is -2.55. The number of fused-ring (bicyclic) bond motifs is 4. The Morgan fingerprint density at radius 1 is 1.16 bits per heavy atom. The molecule has 4 atom stereocenters. The Morgan fingerprint density at radius 3 is 2.62 bits per heavy atom. The zero-order valence-corrected chi connectivity index (χ0v) is 21.1. The summed E-state index contributed by atoms with van der Waals surface area (Å²) in [6, 6.07) is 11.3. The summed E-state index contributed by atoms with van der Waals surface area (Å²) in [4.78, 5) is 38.8. The number of likely N-dealkylation sites (tertiary alicyclic amines) is 1. The Hall–Kier alpha value is -3.43. The second kappa shape index (κ2) is 9.80.